The molecule has 12 N–H and O–H groups in total. The minimum atomic E-state index is -1.99. The molecule has 1 amide bonds. The second-order valence-corrected chi connectivity index (χ2v) is 26.0. The molecule has 548 valence electrons. The Kier molecular flexibility index (Phi) is 51.1. The molecule has 3 heterocycles. The SMILES string of the molecule is CC/C=C\C/C=C\C/C=C\C/C=C\C/C=C\CCCC(=O)NC(COC1OC(CO)C(OC2OC(CO)C(OC3OC(CO)C(O)C(O)C3O)C(O)C2O)C(O)C1O)C(O)/C=C/CC/C=C/CC/C=C/CCCCCCCCCCCCCCCCCCCCCCCCC. The van der Waals surface area contributed by atoms with E-state index >= 15 is 0 Å². The fourth-order valence-corrected chi connectivity index (χ4v) is 11.9. The van der Waals surface area contributed by atoms with Gasteiger partial charge in [-0.1, -0.05) is 252 Å². The zero-order valence-electron chi connectivity index (χ0n) is 58.1. The van der Waals surface area contributed by atoms with Crippen molar-refractivity contribution >= 4 is 5.91 Å². The van der Waals surface area contributed by atoms with E-state index in [2.05, 4.69) is 92.1 Å². The summed E-state index contributed by atoms with van der Waals surface area (Å²) in [6, 6.07) is -1.03. The van der Waals surface area contributed by atoms with Gasteiger partial charge in [-0.25, -0.2) is 0 Å². The smallest absolute Gasteiger partial charge is 0.220 e. The van der Waals surface area contributed by atoms with Crippen molar-refractivity contribution in [2.75, 3.05) is 26.4 Å². The van der Waals surface area contributed by atoms with Gasteiger partial charge >= 0.3 is 0 Å². The summed E-state index contributed by atoms with van der Waals surface area (Å²) in [5, 5.41) is 120. The number of allylic oxidation sites excluding steroid dienone is 15. The lowest BCUT2D eigenvalue weighted by Crippen LogP contribution is -2.66. The van der Waals surface area contributed by atoms with Crippen LogP contribution in [0.5, 0.6) is 0 Å². The maximum absolute atomic E-state index is 13.4. The fraction of sp³-hybridized carbons (Fsp3) is 0.776. The number of unbranched alkanes of at least 4 members (excludes halogenated alkanes) is 26. The van der Waals surface area contributed by atoms with E-state index in [9.17, 15) is 61.0 Å². The Hall–Kier alpha value is -3.29. The van der Waals surface area contributed by atoms with Crippen molar-refractivity contribution in [3.8, 4) is 0 Å². The van der Waals surface area contributed by atoms with E-state index in [4.69, 9.17) is 28.4 Å². The number of carbonyl (C=O) groups excluding carboxylic acids is 1. The molecule has 0 spiro atoms. The molecule has 0 aliphatic carbocycles. The second kappa shape index (κ2) is 56.5. The lowest BCUT2D eigenvalue weighted by atomic mass is 9.96. The molecule has 3 fully saturated rings. The monoisotopic (exact) mass is 1350 g/mol. The van der Waals surface area contributed by atoms with Crippen LogP contribution in [0.3, 0.4) is 0 Å². The van der Waals surface area contributed by atoms with Gasteiger partial charge in [-0.15, -0.1) is 0 Å². The van der Waals surface area contributed by atoms with Gasteiger partial charge in [0.05, 0.1) is 38.6 Å². The first kappa shape index (κ1) is 85.9. The van der Waals surface area contributed by atoms with Crippen molar-refractivity contribution in [3.63, 3.8) is 0 Å². The van der Waals surface area contributed by atoms with Crippen molar-refractivity contribution in [1.82, 2.24) is 5.32 Å². The molecule has 19 heteroatoms. The Morgan fingerprint density at radius 1 is 0.389 bits per heavy atom. The maximum atomic E-state index is 13.4. The zero-order valence-corrected chi connectivity index (χ0v) is 58.1. The lowest BCUT2D eigenvalue weighted by molar-refractivity contribution is -0.379. The molecule has 0 aromatic heterocycles. The number of hydrogen-bond acceptors (Lipinski definition) is 18. The highest BCUT2D eigenvalue weighted by Crippen LogP contribution is 2.33. The lowest BCUT2D eigenvalue weighted by Gasteiger charge is -2.48. The number of hydrogen-bond donors (Lipinski definition) is 12. The molecular formula is C76H131NO18. The van der Waals surface area contributed by atoms with E-state index in [1.807, 2.05) is 18.2 Å². The predicted molar refractivity (Wildman–Crippen MR) is 374 cm³/mol. The Morgan fingerprint density at radius 2 is 0.737 bits per heavy atom. The van der Waals surface area contributed by atoms with Gasteiger partial charge in [-0.3, -0.25) is 4.79 Å². The van der Waals surface area contributed by atoms with Crippen LogP contribution in [0.4, 0.5) is 0 Å². The summed E-state index contributed by atoms with van der Waals surface area (Å²) >= 11 is 0. The number of ether oxygens (including phenoxy) is 6. The molecule has 0 aromatic carbocycles. The summed E-state index contributed by atoms with van der Waals surface area (Å²) in [6.07, 6.45) is 48.5. The van der Waals surface area contributed by atoms with Crippen molar-refractivity contribution in [3.05, 3.63) is 97.2 Å². The second-order valence-electron chi connectivity index (χ2n) is 26.0. The highest BCUT2D eigenvalue weighted by Gasteiger charge is 2.53. The molecule has 0 radical (unpaired) electrons. The topological polar surface area (TPSA) is 307 Å². The van der Waals surface area contributed by atoms with E-state index in [-0.39, 0.29) is 12.3 Å². The highest BCUT2D eigenvalue weighted by molar-refractivity contribution is 5.76. The number of carbonyl (C=O) groups is 1. The van der Waals surface area contributed by atoms with Crippen LogP contribution in [0.25, 0.3) is 0 Å². The number of nitrogens with one attached hydrogen (secondary N) is 1. The van der Waals surface area contributed by atoms with E-state index < -0.39 is 131 Å². The molecule has 0 aromatic rings. The van der Waals surface area contributed by atoms with Gasteiger partial charge < -0.3 is 89.9 Å². The zero-order chi connectivity index (χ0) is 68.9. The van der Waals surface area contributed by atoms with E-state index in [1.165, 1.54) is 148 Å². The van der Waals surface area contributed by atoms with Crippen LogP contribution >= 0.6 is 0 Å². The number of rotatable bonds is 56. The summed E-state index contributed by atoms with van der Waals surface area (Å²) in [5.41, 5.74) is 0. The molecule has 19 nitrogen and oxygen atoms in total. The Bertz CT molecular complexity index is 2100. The first-order valence-electron chi connectivity index (χ1n) is 37.0. The van der Waals surface area contributed by atoms with E-state index in [1.54, 1.807) is 6.08 Å². The van der Waals surface area contributed by atoms with E-state index in [0.29, 0.717) is 19.3 Å². The summed E-state index contributed by atoms with van der Waals surface area (Å²) < 4.78 is 34.3. The van der Waals surface area contributed by atoms with Crippen molar-refractivity contribution in [2.45, 2.75) is 349 Å². The summed E-state index contributed by atoms with van der Waals surface area (Å²) in [7, 11) is 0. The van der Waals surface area contributed by atoms with Crippen LogP contribution in [0.1, 0.15) is 245 Å². The molecule has 0 bridgehead atoms. The van der Waals surface area contributed by atoms with Gasteiger partial charge in [-0.2, -0.15) is 0 Å². The fourth-order valence-electron chi connectivity index (χ4n) is 11.9. The average molecular weight is 1350 g/mol. The standard InChI is InChI=1S/C76H131NO18/c1-3-5-7-9-11-13-15-17-19-21-22-23-24-25-26-27-28-29-30-31-32-33-34-35-36-38-39-41-43-45-47-49-51-53-60(81)59(77-64(82)54-52-50-48-46-44-42-40-37-20-18-16-14-12-10-8-6-4-2)58-90-74-70(88)67(85)72(62(56-79)92-74)95-76-71(89)68(86)73(63(57-80)93-76)94-75-69(87)66(84)65(83)61(55-78)91-75/h6,8,12,14,18,20,36,38,40,42-43,45-46,48,51,53,59-63,65-76,78-81,83-89H,3-5,7,9-11,13,15-17,19,21-35,37,39,41,44,47,49-50,52,54-58H2,1-2H3,(H,77,82)/b8-6-,14-12-,20-18-,38-36+,42-40-,45-43+,48-46-,53-51+. The summed E-state index contributed by atoms with van der Waals surface area (Å²) in [6.45, 7) is 1.55. The van der Waals surface area contributed by atoms with Gasteiger partial charge in [0.1, 0.15) is 73.2 Å². The minimum Gasteiger partial charge on any atom is -0.394 e. The van der Waals surface area contributed by atoms with Gasteiger partial charge in [0.25, 0.3) is 0 Å². The first-order chi connectivity index (χ1) is 46.3. The van der Waals surface area contributed by atoms with Gasteiger partial charge in [-0.05, 0) is 83.5 Å². The third-order valence-corrected chi connectivity index (χ3v) is 17.8. The molecule has 95 heavy (non-hydrogen) atoms. The molecule has 3 aliphatic heterocycles. The normalized spacial score (nSPS) is 27.8. The van der Waals surface area contributed by atoms with Crippen LogP contribution in [0.2, 0.25) is 0 Å². The van der Waals surface area contributed by atoms with Crippen LogP contribution in [-0.2, 0) is 33.2 Å². The van der Waals surface area contributed by atoms with Gasteiger partial charge in [0, 0.05) is 6.42 Å². The average Bonchev–Trinajstić information content (AvgIpc) is 0.787. The third-order valence-electron chi connectivity index (χ3n) is 17.8. The Balaban J connectivity index is 1.41. The van der Waals surface area contributed by atoms with Crippen LogP contribution in [0, 0.1) is 0 Å². The minimum absolute atomic E-state index is 0.148. The molecule has 3 saturated heterocycles. The molecule has 0 saturated carbocycles. The maximum Gasteiger partial charge on any atom is 0.220 e. The third kappa shape index (κ3) is 37.6. The summed E-state index contributed by atoms with van der Waals surface area (Å²) in [4.78, 5) is 13.4. The van der Waals surface area contributed by atoms with Crippen LogP contribution in [-0.4, -0.2) is 193 Å². The van der Waals surface area contributed by atoms with Gasteiger partial charge in [0.2, 0.25) is 5.91 Å². The van der Waals surface area contributed by atoms with Crippen molar-refractivity contribution < 1.29 is 89.4 Å². The predicted octanol–water partition coefficient (Wildman–Crippen LogP) is 10.8. The highest BCUT2D eigenvalue weighted by atomic mass is 16.8. The Labute approximate surface area is 571 Å². The number of amides is 1. The molecule has 3 aliphatic rings. The van der Waals surface area contributed by atoms with Gasteiger partial charge in [0.15, 0.2) is 18.9 Å². The van der Waals surface area contributed by atoms with Crippen LogP contribution < -0.4 is 5.32 Å². The van der Waals surface area contributed by atoms with Crippen LogP contribution in [0.15, 0.2) is 97.2 Å². The molecule has 3 rings (SSSR count). The number of aliphatic hydroxyl groups is 11. The van der Waals surface area contributed by atoms with Crippen molar-refractivity contribution in [1.29, 1.82) is 0 Å². The molecule has 17 atom stereocenters. The molecule has 17 unspecified atom stereocenters. The quantitative estimate of drug-likeness (QED) is 0.0199. The summed E-state index contributed by atoms with van der Waals surface area (Å²) in [5.74, 6) is -0.348. The first-order valence-corrected chi connectivity index (χ1v) is 37.0. The Morgan fingerprint density at radius 3 is 1.18 bits per heavy atom. The largest absolute Gasteiger partial charge is 0.394 e. The number of aliphatic hydroxyl groups excluding tert-OH is 11. The van der Waals surface area contributed by atoms with E-state index in [0.717, 1.165) is 57.8 Å². The van der Waals surface area contributed by atoms with Crippen molar-refractivity contribution in [2.24, 2.45) is 0 Å². The molecular weight excluding hydrogens is 1210 g/mol.